The Morgan fingerprint density at radius 1 is 1.22 bits per heavy atom. The molecule has 0 amide bonds. The molecule has 0 saturated heterocycles. The maximum Gasteiger partial charge on any atom is 0.334 e. The number of carbonyl (C=O) groups excluding carboxylic acids is 1. The van der Waals surface area contributed by atoms with Crippen LogP contribution in [0.2, 0.25) is 0 Å². The molecule has 3 N–H and O–H groups in total. The van der Waals surface area contributed by atoms with Crippen molar-refractivity contribution in [3.8, 4) is 5.75 Å². The quantitative estimate of drug-likeness (QED) is 0.133. The van der Waals surface area contributed by atoms with E-state index in [4.69, 9.17) is 9.47 Å². The molecule has 0 saturated carbocycles. The van der Waals surface area contributed by atoms with Crippen LogP contribution >= 0.6 is 22.5 Å². The van der Waals surface area contributed by atoms with Crippen LogP contribution in [0.3, 0.4) is 0 Å². The number of unbranched alkanes of at least 4 members (excludes halogenated alkanes) is 1. The Morgan fingerprint density at radius 2 is 1.94 bits per heavy atom. The van der Waals surface area contributed by atoms with Gasteiger partial charge in [0.25, 0.3) is 0 Å². The molecule has 7 nitrogen and oxygen atoms in total. The van der Waals surface area contributed by atoms with Crippen molar-refractivity contribution in [3.05, 3.63) is 54.8 Å². The van der Waals surface area contributed by atoms with Crippen molar-refractivity contribution in [2.75, 3.05) is 17.2 Å². The summed E-state index contributed by atoms with van der Waals surface area (Å²) in [7, 11) is -3.32. The van der Waals surface area contributed by atoms with E-state index in [1.807, 2.05) is 43.3 Å². The van der Waals surface area contributed by atoms with Crippen molar-refractivity contribution in [1.29, 1.82) is 0 Å². The standard InChI is InChI=1S/C27H38N2O5S2/c1-6-8-12-20-19-29(21-13-10-9-11-14-21)22-17-24(35-7-2)23(18-25(22)36(31,32)28-20)33-16-15-26(30)34-27(3,4)5/h9-11,13-18,20,28,31-32H,6-8,12,19H2,1-5H3/b16-15+. The Labute approximate surface area is 220 Å². The van der Waals surface area contributed by atoms with Gasteiger partial charge in [-0.05, 0) is 51.1 Å². The van der Waals surface area contributed by atoms with Gasteiger partial charge in [-0.2, -0.15) is 0 Å². The van der Waals surface area contributed by atoms with E-state index in [9.17, 15) is 13.9 Å². The van der Waals surface area contributed by atoms with E-state index in [0.29, 0.717) is 17.2 Å². The number of nitrogens with zero attached hydrogens (tertiary/aromatic N) is 1. The Kier molecular flexibility index (Phi) is 9.77. The Morgan fingerprint density at radius 3 is 2.58 bits per heavy atom. The Balaban J connectivity index is 2.04. The fourth-order valence-electron chi connectivity index (χ4n) is 3.93. The molecule has 0 spiro atoms. The highest BCUT2D eigenvalue weighted by molar-refractivity contribution is 8.22. The number of benzene rings is 2. The van der Waals surface area contributed by atoms with Crippen LogP contribution < -0.4 is 14.4 Å². The topological polar surface area (TPSA) is 91.3 Å². The normalized spacial score (nSPS) is 18.4. The van der Waals surface area contributed by atoms with Crippen molar-refractivity contribution in [3.63, 3.8) is 0 Å². The van der Waals surface area contributed by atoms with Gasteiger partial charge in [0, 0.05) is 24.3 Å². The fraction of sp³-hybridized carbons (Fsp3) is 0.444. The summed E-state index contributed by atoms with van der Waals surface area (Å²) in [6, 6.07) is 13.5. The van der Waals surface area contributed by atoms with Crippen molar-refractivity contribution < 1.29 is 23.4 Å². The molecule has 0 bridgehead atoms. The van der Waals surface area contributed by atoms with Gasteiger partial charge in [0.2, 0.25) is 0 Å². The third-order valence-electron chi connectivity index (χ3n) is 5.44. The number of esters is 1. The molecular formula is C27H38N2O5S2. The Bertz CT molecular complexity index is 1050. The molecule has 1 atom stereocenters. The predicted molar refractivity (Wildman–Crippen MR) is 149 cm³/mol. The first-order valence-corrected chi connectivity index (χ1v) is 14.8. The van der Waals surface area contributed by atoms with Crippen LogP contribution in [-0.2, 0) is 9.53 Å². The fourth-order valence-corrected chi connectivity index (χ4v) is 6.21. The highest BCUT2D eigenvalue weighted by Crippen LogP contribution is 2.55. The van der Waals surface area contributed by atoms with E-state index in [2.05, 4.69) is 16.5 Å². The molecule has 0 aromatic heterocycles. The molecule has 198 valence electrons. The molecule has 1 aliphatic heterocycles. The summed E-state index contributed by atoms with van der Waals surface area (Å²) >= 11 is 1.59. The number of carbonyl (C=O) groups is 1. The zero-order valence-electron chi connectivity index (χ0n) is 21.7. The van der Waals surface area contributed by atoms with E-state index in [1.165, 1.54) is 12.3 Å². The van der Waals surface area contributed by atoms with Crippen LogP contribution in [0.25, 0.3) is 0 Å². The maximum absolute atomic E-state index is 12.1. The van der Waals surface area contributed by atoms with Gasteiger partial charge < -0.3 is 14.4 Å². The first kappa shape index (κ1) is 28.4. The minimum atomic E-state index is -3.32. The number of anilines is 2. The van der Waals surface area contributed by atoms with Gasteiger partial charge in [-0.25, -0.2) is 9.52 Å². The number of hydrogen-bond acceptors (Lipinski definition) is 8. The van der Waals surface area contributed by atoms with Gasteiger partial charge in [-0.3, -0.25) is 9.11 Å². The lowest BCUT2D eigenvalue weighted by molar-refractivity contribution is -0.148. The first-order valence-electron chi connectivity index (χ1n) is 12.3. The molecule has 3 rings (SSSR count). The average molecular weight is 535 g/mol. The zero-order chi connectivity index (χ0) is 26.3. The van der Waals surface area contributed by atoms with Gasteiger partial charge in [-0.1, -0.05) is 44.9 Å². The van der Waals surface area contributed by atoms with E-state index in [-0.39, 0.29) is 6.04 Å². The molecule has 0 radical (unpaired) electrons. The lowest BCUT2D eigenvalue weighted by atomic mass is 10.1. The van der Waals surface area contributed by atoms with Crippen LogP contribution in [0.5, 0.6) is 5.75 Å². The van der Waals surface area contributed by atoms with Crippen molar-refractivity contribution in [2.45, 2.75) is 75.3 Å². The second-order valence-electron chi connectivity index (χ2n) is 9.61. The second-order valence-corrected chi connectivity index (χ2v) is 12.7. The van der Waals surface area contributed by atoms with Gasteiger partial charge >= 0.3 is 5.97 Å². The van der Waals surface area contributed by atoms with E-state index in [0.717, 1.165) is 41.3 Å². The molecule has 0 fully saturated rings. The first-order chi connectivity index (χ1) is 17.0. The largest absolute Gasteiger partial charge is 0.463 e. The SMILES string of the molecule is CCCCC1CN(c2ccccc2)c2cc(SCC)c(O/C=C/C(=O)OC(C)(C)C)cc2S(O)(O)N1. The number of para-hydroxylation sites is 1. The molecule has 2 aromatic rings. The van der Waals surface area contributed by atoms with Crippen LogP contribution in [0, 0.1) is 0 Å². The zero-order valence-corrected chi connectivity index (χ0v) is 23.3. The monoisotopic (exact) mass is 534 g/mol. The van der Waals surface area contributed by atoms with Crippen LogP contribution in [-0.4, -0.2) is 39.0 Å². The van der Waals surface area contributed by atoms with Crippen molar-refractivity contribution in [2.24, 2.45) is 0 Å². The third-order valence-corrected chi connectivity index (χ3v) is 7.96. The molecular weight excluding hydrogens is 496 g/mol. The molecule has 1 unspecified atom stereocenters. The highest BCUT2D eigenvalue weighted by atomic mass is 32.3. The molecule has 36 heavy (non-hydrogen) atoms. The molecule has 2 aromatic carbocycles. The summed E-state index contributed by atoms with van der Waals surface area (Å²) in [6.45, 7) is 10.2. The van der Waals surface area contributed by atoms with Gasteiger partial charge in [0.1, 0.15) is 16.2 Å². The molecule has 9 heteroatoms. The number of ether oxygens (including phenoxy) is 2. The summed E-state index contributed by atoms with van der Waals surface area (Å²) in [5.74, 6) is 0.730. The number of hydrogen-bond donors (Lipinski definition) is 3. The molecule has 1 aliphatic rings. The Hall–Kier alpha value is -2.17. The average Bonchev–Trinajstić information content (AvgIpc) is 2.91. The van der Waals surface area contributed by atoms with E-state index in [1.54, 1.807) is 38.6 Å². The van der Waals surface area contributed by atoms with Crippen LogP contribution in [0.4, 0.5) is 11.4 Å². The number of nitrogens with one attached hydrogen (secondary N) is 1. The van der Waals surface area contributed by atoms with E-state index < -0.39 is 22.3 Å². The summed E-state index contributed by atoms with van der Waals surface area (Å²) in [5.41, 5.74) is 1.10. The van der Waals surface area contributed by atoms with Crippen molar-refractivity contribution in [1.82, 2.24) is 4.72 Å². The predicted octanol–water partition coefficient (Wildman–Crippen LogP) is 7.36. The lowest BCUT2D eigenvalue weighted by Gasteiger charge is -2.35. The molecule has 0 aliphatic carbocycles. The van der Waals surface area contributed by atoms with Gasteiger partial charge in [0.05, 0.1) is 22.9 Å². The smallest absolute Gasteiger partial charge is 0.334 e. The second kappa shape index (κ2) is 12.4. The minimum absolute atomic E-state index is 0.110. The third kappa shape index (κ3) is 7.66. The van der Waals surface area contributed by atoms with Crippen molar-refractivity contribution >= 4 is 39.9 Å². The van der Waals surface area contributed by atoms with Crippen LogP contribution in [0.15, 0.2) is 64.6 Å². The van der Waals surface area contributed by atoms with Crippen LogP contribution in [0.1, 0.15) is 53.9 Å². The summed E-state index contributed by atoms with van der Waals surface area (Å²) in [4.78, 5) is 15.4. The number of thioether (sulfide) groups is 1. The molecule has 1 heterocycles. The highest BCUT2D eigenvalue weighted by Gasteiger charge is 2.33. The summed E-state index contributed by atoms with van der Waals surface area (Å²) < 4.78 is 36.8. The number of rotatable bonds is 9. The van der Waals surface area contributed by atoms with E-state index >= 15 is 0 Å². The lowest BCUT2D eigenvalue weighted by Crippen LogP contribution is -2.37. The van der Waals surface area contributed by atoms with Gasteiger partial charge in [0.15, 0.2) is 0 Å². The minimum Gasteiger partial charge on any atom is -0.463 e. The van der Waals surface area contributed by atoms with Gasteiger partial charge in [-0.15, -0.1) is 22.5 Å². The maximum atomic E-state index is 12.1. The number of fused-ring (bicyclic) bond motifs is 1. The summed E-state index contributed by atoms with van der Waals surface area (Å²) in [6.07, 6.45) is 5.33. The summed E-state index contributed by atoms with van der Waals surface area (Å²) in [5, 5.41) is 0.